The van der Waals surface area contributed by atoms with Gasteiger partial charge in [-0.25, -0.2) is 13.2 Å². The van der Waals surface area contributed by atoms with Crippen molar-refractivity contribution in [3.8, 4) is 0 Å². The Balaban J connectivity index is 1.47. The Morgan fingerprint density at radius 3 is 2.37 bits per heavy atom. The summed E-state index contributed by atoms with van der Waals surface area (Å²) in [7, 11) is -3.59. The monoisotopic (exact) mass is 470 g/mol. The van der Waals surface area contributed by atoms with Gasteiger partial charge in [-0.2, -0.15) is 4.31 Å². The number of rotatable bonds is 6. The lowest BCUT2D eigenvalue weighted by Gasteiger charge is -2.36. The SMILES string of the molecule is CC(C(=O)NC(=O)NCc1ccccc1)N1CCN(S(=O)(=O)c2ccc(Cl)s2)CC1. The van der Waals surface area contributed by atoms with Crippen LogP contribution in [-0.2, 0) is 21.4 Å². The van der Waals surface area contributed by atoms with E-state index in [0.717, 1.165) is 16.9 Å². The topological polar surface area (TPSA) is 98.8 Å². The maximum Gasteiger partial charge on any atom is 0.321 e. The molecule has 3 amide bonds. The van der Waals surface area contributed by atoms with Gasteiger partial charge >= 0.3 is 6.03 Å². The van der Waals surface area contributed by atoms with E-state index >= 15 is 0 Å². The van der Waals surface area contributed by atoms with Crippen molar-refractivity contribution in [2.45, 2.75) is 23.7 Å². The van der Waals surface area contributed by atoms with Crippen molar-refractivity contribution in [3.63, 3.8) is 0 Å². The Kier molecular flexibility index (Phi) is 7.48. The zero-order valence-corrected chi connectivity index (χ0v) is 18.8. The van der Waals surface area contributed by atoms with Gasteiger partial charge < -0.3 is 5.32 Å². The number of sulfonamides is 1. The second kappa shape index (κ2) is 9.88. The molecule has 3 rings (SSSR count). The highest BCUT2D eigenvalue weighted by Gasteiger charge is 2.32. The van der Waals surface area contributed by atoms with Gasteiger partial charge in [0.05, 0.1) is 10.4 Å². The highest BCUT2D eigenvalue weighted by Crippen LogP contribution is 2.28. The first-order chi connectivity index (χ1) is 14.3. The van der Waals surface area contributed by atoms with Gasteiger partial charge in [0.1, 0.15) is 4.21 Å². The standard InChI is InChI=1S/C19H23ClN4O4S2/c1-14(18(25)22-19(26)21-13-15-5-3-2-4-6-15)23-9-11-24(12-10-23)30(27,28)17-8-7-16(20)29-17/h2-8,14H,9-13H2,1H3,(H2,21,22,25,26). The number of carbonyl (C=O) groups excluding carboxylic acids is 2. The molecule has 2 N–H and O–H groups in total. The summed E-state index contributed by atoms with van der Waals surface area (Å²) in [5.74, 6) is -0.429. The summed E-state index contributed by atoms with van der Waals surface area (Å²) < 4.78 is 27.4. The summed E-state index contributed by atoms with van der Waals surface area (Å²) in [4.78, 5) is 26.3. The van der Waals surface area contributed by atoms with Crippen LogP contribution in [-0.4, -0.2) is 61.8 Å². The molecule has 11 heteroatoms. The van der Waals surface area contributed by atoms with Crippen molar-refractivity contribution >= 4 is 44.9 Å². The Morgan fingerprint density at radius 1 is 1.10 bits per heavy atom. The number of thiophene rings is 1. The van der Waals surface area contributed by atoms with Gasteiger partial charge in [0.15, 0.2) is 0 Å². The predicted octanol–water partition coefficient (Wildman–Crippen LogP) is 2.12. The lowest BCUT2D eigenvalue weighted by molar-refractivity contribution is -0.125. The smallest absolute Gasteiger partial charge is 0.321 e. The fourth-order valence-corrected chi connectivity index (χ4v) is 6.16. The summed E-state index contributed by atoms with van der Waals surface area (Å²) in [5.41, 5.74) is 0.928. The molecule has 0 aliphatic carbocycles. The molecular weight excluding hydrogens is 448 g/mol. The normalized spacial score (nSPS) is 16.7. The average Bonchev–Trinajstić information content (AvgIpc) is 3.20. The van der Waals surface area contributed by atoms with Crippen LogP contribution in [0.3, 0.4) is 0 Å². The first-order valence-corrected chi connectivity index (χ1v) is 12.0. The van der Waals surface area contributed by atoms with Gasteiger partial charge in [0.25, 0.3) is 10.0 Å². The van der Waals surface area contributed by atoms with E-state index in [2.05, 4.69) is 10.6 Å². The van der Waals surface area contributed by atoms with Crippen molar-refractivity contribution in [1.82, 2.24) is 19.8 Å². The van der Waals surface area contributed by atoms with Gasteiger partial charge in [0.2, 0.25) is 5.91 Å². The third-order valence-electron chi connectivity index (χ3n) is 4.88. The molecule has 2 aromatic rings. The number of imide groups is 1. The first-order valence-electron chi connectivity index (χ1n) is 9.39. The summed E-state index contributed by atoms with van der Waals surface area (Å²) in [6, 6.07) is 11.3. The fraction of sp³-hybridized carbons (Fsp3) is 0.368. The van der Waals surface area contributed by atoms with Gasteiger partial charge in [-0.05, 0) is 24.6 Å². The van der Waals surface area contributed by atoms with Crippen molar-refractivity contribution in [3.05, 3.63) is 52.4 Å². The van der Waals surface area contributed by atoms with Crippen LogP contribution < -0.4 is 10.6 Å². The van der Waals surface area contributed by atoms with E-state index in [4.69, 9.17) is 11.6 Å². The third-order valence-corrected chi connectivity index (χ3v) is 8.47. The average molecular weight is 471 g/mol. The number of hydrogen-bond donors (Lipinski definition) is 2. The molecule has 1 unspecified atom stereocenters. The molecule has 8 nitrogen and oxygen atoms in total. The molecule has 1 fully saturated rings. The second-order valence-electron chi connectivity index (χ2n) is 6.83. The predicted molar refractivity (Wildman–Crippen MR) is 116 cm³/mol. The highest BCUT2D eigenvalue weighted by atomic mass is 35.5. The Labute approximate surface area is 184 Å². The minimum atomic E-state index is -3.59. The Bertz CT molecular complexity index is 989. The van der Waals surface area contributed by atoms with Crippen LogP contribution >= 0.6 is 22.9 Å². The van der Waals surface area contributed by atoms with E-state index < -0.39 is 28.0 Å². The number of nitrogens with zero attached hydrogens (tertiary/aromatic N) is 2. The van der Waals surface area contributed by atoms with E-state index in [1.807, 2.05) is 35.2 Å². The minimum Gasteiger partial charge on any atom is -0.334 e. The van der Waals surface area contributed by atoms with Crippen LogP contribution in [0.2, 0.25) is 4.34 Å². The van der Waals surface area contributed by atoms with E-state index in [0.29, 0.717) is 24.0 Å². The molecule has 1 saturated heterocycles. The van der Waals surface area contributed by atoms with Gasteiger partial charge in [0, 0.05) is 32.7 Å². The van der Waals surface area contributed by atoms with Crippen LogP contribution in [0.5, 0.6) is 0 Å². The lowest BCUT2D eigenvalue weighted by Crippen LogP contribution is -2.56. The molecule has 1 aromatic carbocycles. The maximum atomic E-state index is 12.7. The molecule has 1 aliphatic heterocycles. The van der Waals surface area contributed by atoms with Crippen LogP contribution in [0.1, 0.15) is 12.5 Å². The van der Waals surface area contributed by atoms with Gasteiger partial charge in [-0.15, -0.1) is 11.3 Å². The highest BCUT2D eigenvalue weighted by molar-refractivity contribution is 7.91. The van der Waals surface area contributed by atoms with Crippen molar-refractivity contribution in [2.24, 2.45) is 0 Å². The quantitative estimate of drug-likeness (QED) is 0.673. The lowest BCUT2D eigenvalue weighted by atomic mass is 10.2. The number of halogens is 1. The van der Waals surface area contributed by atoms with Crippen LogP contribution in [0.25, 0.3) is 0 Å². The molecule has 0 spiro atoms. The molecule has 30 heavy (non-hydrogen) atoms. The number of urea groups is 1. The molecule has 1 aliphatic rings. The van der Waals surface area contributed by atoms with Gasteiger partial charge in [-0.3, -0.25) is 15.0 Å². The summed E-state index contributed by atoms with van der Waals surface area (Å²) in [6.45, 7) is 3.31. The first kappa shape index (κ1) is 22.7. The summed E-state index contributed by atoms with van der Waals surface area (Å²) in [5, 5.41) is 4.99. The molecule has 1 aromatic heterocycles. The van der Waals surface area contributed by atoms with Crippen molar-refractivity contribution in [1.29, 1.82) is 0 Å². The van der Waals surface area contributed by atoms with Crippen molar-refractivity contribution < 1.29 is 18.0 Å². The molecule has 2 heterocycles. The molecule has 0 bridgehead atoms. The number of amides is 3. The van der Waals surface area contributed by atoms with E-state index in [-0.39, 0.29) is 17.3 Å². The zero-order valence-electron chi connectivity index (χ0n) is 16.4. The number of hydrogen-bond acceptors (Lipinski definition) is 6. The second-order valence-corrected chi connectivity index (χ2v) is 10.7. The number of benzene rings is 1. The number of piperazine rings is 1. The molecule has 162 valence electrons. The van der Waals surface area contributed by atoms with Crippen LogP contribution in [0.15, 0.2) is 46.7 Å². The molecular formula is C19H23ClN4O4S2. The minimum absolute atomic E-state index is 0.210. The van der Waals surface area contributed by atoms with Gasteiger partial charge in [-0.1, -0.05) is 41.9 Å². The Morgan fingerprint density at radius 2 is 1.77 bits per heavy atom. The number of nitrogens with one attached hydrogen (secondary N) is 2. The summed E-state index contributed by atoms with van der Waals surface area (Å²) >= 11 is 6.88. The molecule has 0 saturated carbocycles. The van der Waals surface area contributed by atoms with E-state index in [9.17, 15) is 18.0 Å². The summed E-state index contributed by atoms with van der Waals surface area (Å²) in [6.07, 6.45) is 0. The van der Waals surface area contributed by atoms with E-state index in [1.54, 1.807) is 13.0 Å². The molecule has 0 radical (unpaired) electrons. The maximum absolute atomic E-state index is 12.7. The third kappa shape index (κ3) is 5.58. The van der Waals surface area contributed by atoms with Crippen molar-refractivity contribution in [2.75, 3.05) is 26.2 Å². The fourth-order valence-electron chi connectivity index (χ4n) is 3.10. The Hall–Kier alpha value is -1.98. The zero-order chi connectivity index (χ0) is 21.7. The number of carbonyl (C=O) groups is 2. The largest absolute Gasteiger partial charge is 0.334 e. The van der Waals surface area contributed by atoms with Crippen LogP contribution in [0.4, 0.5) is 4.79 Å². The van der Waals surface area contributed by atoms with Crippen LogP contribution in [0, 0.1) is 0 Å². The molecule has 1 atom stereocenters. The van der Waals surface area contributed by atoms with E-state index in [1.165, 1.54) is 10.4 Å².